The van der Waals surface area contributed by atoms with Gasteiger partial charge in [0.25, 0.3) is 11.8 Å². The fraction of sp³-hybridized carbons (Fsp3) is 0.0625. The number of esters is 1. The second-order valence-corrected chi connectivity index (χ2v) is 9.95. The van der Waals surface area contributed by atoms with Crippen molar-refractivity contribution in [2.45, 2.75) is 0 Å². The van der Waals surface area contributed by atoms with E-state index in [0.717, 1.165) is 15.7 Å². The summed E-state index contributed by atoms with van der Waals surface area (Å²) in [5.41, 5.74) is 5.59. The summed E-state index contributed by atoms with van der Waals surface area (Å²) >= 11 is 3.34. The molecule has 4 aromatic carbocycles. The molecule has 41 heavy (non-hydrogen) atoms. The molecule has 2 amide bonds. The zero-order chi connectivity index (χ0) is 29.2. The summed E-state index contributed by atoms with van der Waals surface area (Å²) in [6.45, 7) is 0. The number of carbonyl (C=O) groups excluding carboxylic acids is 3. The maximum atomic E-state index is 13.1. The minimum atomic E-state index is -0.612. The van der Waals surface area contributed by atoms with Gasteiger partial charge in [-0.2, -0.15) is 5.10 Å². The number of nitrogens with one attached hydrogen (secondary N) is 2. The summed E-state index contributed by atoms with van der Waals surface area (Å²) in [4.78, 5) is 40.3. The molecule has 0 aliphatic heterocycles. The first-order valence-corrected chi connectivity index (χ1v) is 13.3. The van der Waals surface area contributed by atoms with E-state index in [1.165, 1.54) is 6.21 Å². The molecule has 0 spiro atoms. The Balaban J connectivity index is 1.48. The molecule has 2 N–H and O–H groups in total. The Morgan fingerprint density at radius 3 is 2.22 bits per heavy atom. The van der Waals surface area contributed by atoms with Crippen molar-refractivity contribution in [3.8, 4) is 5.75 Å². The Morgan fingerprint density at radius 2 is 1.51 bits per heavy atom. The van der Waals surface area contributed by atoms with E-state index in [1.54, 1.807) is 78.9 Å². The molecular weight excluding hydrogens is 584 g/mol. The Hall–Kier alpha value is -5.02. The standard InChI is InChI=1S/C32H27BrN4O4/c1-37(2)27-16-14-22(15-17-27)19-29(35-30(38)24-9-4-3-5-10-24)31(39)36-34-21-23-8-6-13-28(18-23)41-32(40)25-11-7-12-26(33)20-25/h3-21H,1-2H3,(H,35,38)(H,36,39)/b29-19-,34-21+. The van der Waals surface area contributed by atoms with Crippen LogP contribution in [-0.2, 0) is 4.79 Å². The first kappa shape index (κ1) is 29.0. The molecule has 0 atom stereocenters. The number of hydrogen-bond acceptors (Lipinski definition) is 6. The van der Waals surface area contributed by atoms with Gasteiger partial charge in [0.2, 0.25) is 0 Å². The normalized spacial score (nSPS) is 11.1. The highest BCUT2D eigenvalue weighted by Crippen LogP contribution is 2.17. The van der Waals surface area contributed by atoms with Crippen LogP contribution in [0.15, 0.2) is 118 Å². The molecule has 4 rings (SSSR count). The molecule has 0 heterocycles. The average molecular weight is 611 g/mol. The maximum absolute atomic E-state index is 13.1. The van der Waals surface area contributed by atoms with Gasteiger partial charge in [-0.25, -0.2) is 10.2 Å². The summed E-state index contributed by atoms with van der Waals surface area (Å²) in [7, 11) is 3.87. The zero-order valence-electron chi connectivity index (χ0n) is 22.4. The molecule has 206 valence electrons. The van der Waals surface area contributed by atoms with Gasteiger partial charge >= 0.3 is 5.97 Å². The number of carbonyl (C=O) groups is 3. The van der Waals surface area contributed by atoms with Gasteiger partial charge in [0, 0.05) is 29.8 Å². The molecule has 8 nitrogen and oxygen atoms in total. The molecule has 0 aliphatic rings. The lowest BCUT2D eigenvalue weighted by atomic mass is 10.1. The molecule has 9 heteroatoms. The Kier molecular flexibility index (Phi) is 9.80. The molecule has 0 aliphatic carbocycles. The summed E-state index contributed by atoms with van der Waals surface area (Å²) in [6.07, 6.45) is 2.99. The second kappa shape index (κ2) is 13.9. The second-order valence-electron chi connectivity index (χ2n) is 9.04. The highest BCUT2D eigenvalue weighted by molar-refractivity contribution is 9.10. The molecular formula is C32H27BrN4O4. The number of halogens is 1. The van der Waals surface area contributed by atoms with E-state index in [2.05, 4.69) is 31.8 Å². The van der Waals surface area contributed by atoms with E-state index in [-0.39, 0.29) is 5.70 Å². The lowest BCUT2D eigenvalue weighted by molar-refractivity contribution is -0.117. The van der Waals surface area contributed by atoms with Crippen LogP contribution in [0, 0.1) is 0 Å². The first-order chi connectivity index (χ1) is 19.8. The van der Waals surface area contributed by atoms with E-state index in [9.17, 15) is 14.4 Å². The van der Waals surface area contributed by atoms with Crippen molar-refractivity contribution in [2.75, 3.05) is 19.0 Å². The van der Waals surface area contributed by atoms with Gasteiger partial charge in [-0.1, -0.05) is 64.5 Å². The van der Waals surface area contributed by atoms with E-state index in [4.69, 9.17) is 4.74 Å². The van der Waals surface area contributed by atoms with Crippen LogP contribution in [0.2, 0.25) is 0 Å². The van der Waals surface area contributed by atoms with Gasteiger partial charge in [0.15, 0.2) is 0 Å². The third kappa shape index (κ3) is 8.48. The van der Waals surface area contributed by atoms with E-state index < -0.39 is 17.8 Å². The number of hydrazone groups is 1. The zero-order valence-corrected chi connectivity index (χ0v) is 24.0. The molecule has 0 aromatic heterocycles. The number of hydrogen-bond donors (Lipinski definition) is 2. The number of benzene rings is 4. The predicted molar refractivity (Wildman–Crippen MR) is 164 cm³/mol. The van der Waals surface area contributed by atoms with Crippen molar-refractivity contribution in [2.24, 2.45) is 5.10 Å². The minimum Gasteiger partial charge on any atom is -0.423 e. The lowest BCUT2D eigenvalue weighted by Gasteiger charge is -2.12. The van der Waals surface area contributed by atoms with Gasteiger partial charge < -0.3 is 15.0 Å². The number of rotatable bonds is 9. The van der Waals surface area contributed by atoms with Crippen LogP contribution in [0.4, 0.5) is 5.69 Å². The third-order valence-corrected chi connectivity index (χ3v) is 6.25. The average Bonchev–Trinajstić information content (AvgIpc) is 2.97. The molecule has 0 fully saturated rings. The topological polar surface area (TPSA) is 100 Å². The van der Waals surface area contributed by atoms with E-state index >= 15 is 0 Å². The van der Waals surface area contributed by atoms with Gasteiger partial charge in [-0.05, 0) is 71.8 Å². The van der Waals surface area contributed by atoms with Crippen molar-refractivity contribution in [1.82, 2.24) is 10.7 Å². The van der Waals surface area contributed by atoms with E-state index in [0.29, 0.717) is 22.4 Å². The Labute approximate surface area is 246 Å². The monoisotopic (exact) mass is 610 g/mol. The van der Waals surface area contributed by atoms with Crippen LogP contribution in [0.5, 0.6) is 5.75 Å². The molecule has 0 radical (unpaired) electrons. The summed E-state index contributed by atoms with van der Waals surface area (Å²) < 4.78 is 6.23. The predicted octanol–water partition coefficient (Wildman–Crippen LogP) is 5.66. The molecule has 0 bridgehead atoms. The van der Waals surface area contributed by atoms with Crippen LogP contribution >= 0.6 is 15.9 Å². The van der Waals surface area contributed by atoms with Crippen molar-refractivity contribution >= 4 is 51.7 Å². The Bertz CT molecular complexity index is 1600. The largest absolute Gasteiger partial charge is 0.423 e. The smallest absolute Gasteiger partial charge is 0.343 e. The highest BCUT2D eigenvalue weighted by Gasteiger charge is 2.15. The van der Waals surface area contributed by atoms with Crippen molar-refractivity contribution in [3.63, 3.8) is 0 Å². The summed E-state index contributed by atoms with van der Waals surface area (Å²) in [6, 6.07) is 29.7. The summed E-state index contributed by atoms with van der Waals surface area (Å²) in [5, 5.41) is 6.72. The molecule has 4 aromatic rings. The van der Waals surface area contributed by atoms with Crippen LogP contribution < -0.4 is 20.4 Å². The van der Waals surface area contributed by atoms with Gasteiger partial charge in [-0.3, -0.25) is 9.59 Å². The number of nitrogens with zero attached hydrogens (tertiary/aromatic N) is 2. The fourth-order valence-electron chi connectivity index (χ4n) is 3.64. The van der Waals surface area contributed by atoms with Crippen LogP contribution in [0.1, 0.15) is 31.8 Å². The molecule has 0 unspecified atom stereocenters. The van der Waals surface area contributed by atoms with Gasteiger partial charge in [-0.15, -0.1) is 0 Å². The van der Waals surface area contributed by atoms with Crippen molar-refractivity contribution in [1.29, 1.82) is 0 Å². The van der Waals surface area contributed by atoms with E-state index in [1.807, 2.05) is 49.3 Å². The first-order valence-electron chi connectivity index (χ1n) is 12.6. The molecule has 0 saturated heterocycles. The minimum absolute atomic E-state index is 0.0188. The summed E-state index contributed by atoms with van der Waals surface area (Å²) in [5.74, 6) is -1.22. The number of anilines is 1. The SMILES string of the molecule is CN(C)c1ccc(/C=C(\NC(=O)c2ccccc2)C(=O)N/N=C/c2cccc(OC(=O)c3cccc(Br)c3)c2)cc1. The number of ether oxygens (including phenoxy) is 1. The van der Waals surface area contributed by atoms with Crippen LogP contribution in [0.3, 0.4) is 0 Å². The fourth-order valence-corrected chi connectivity index (χ4v) is 4.04. The van der Waals surface area contributed by atoms with Gasteiger partial charge in [0.1, 0.15) is 11.4 Å². The van der Waals surface area contributed by atoms with Crippen molar-refractivity contribution in [3.05, 3.63) is 136 Å². The third-order valence-electron chi connectivity index (χ3n) is 5.76. The Morgan fingerprint density at radius 1 is 0.805 bits per heavy atom. The highest BCUT2D eigenvalue weighted by atomic mass is 79.9. The quantitative estimate of drug-likeness (QED) is 0.0838. The van der Waals surface area contributed by atoms with Crippen molar-refractivity contribution < 1.29 is 19.1 Å². The lowest BCUT2D eigenvalue weighted by Crippen LogP contribution is -2.32. The van der Waals surface area contributed by atoms with Crippen LogP contribution in [-0.4, -0.2) is 38.1 Å². The van der Waals surface area contributed by atoms with Gasteiger partial charge in [0.05, 0.1) is 11.8 Å². The number of amides is 2. The maximum Gasteiger partial charge on any atom is 0.343 e. The van der Waals surface area contributed by atoms with Crippen LogP contribution in [0.25, 0.3) is 6.08 Å². The molecule has 0 saturated carbocycles.